The van der Waals surface area contributed by atoms with Crippen LogP contribution in [0.25, 0.3) is 0 Å². The average Bonchev–Trinajstić information content (AvgIpc) is 2.23. The third kappa shape index (κ3) is 3.11. The summed E-state index contributed by atoms with van der Waals surface area (Å²) in [5, 5.41) is 8.88. The molecule has 0 atom stereocenters. The van der Waals surface area contributed by atoms with Gasteiger partial charge >= 0.3 is 0 Å². The van der Waals surface area contributed by atoms with Gasteiger partial charge in [0.1, 0.15) is 0 Å². The van der Waals surface area contributed by atoms with Crippen molar-refractivity contribution in [3.05, 3.63) is 27.1 Å². The highest BCUT2D eigenvalue weighted by Crippen LogP contribution is 2.19. The molecular weight excluding hydrogens is 270 g/mol. The number of pyridine rings is 1. The second-order valence-electron chi connectivity index (χ2n) is 4.37. The summed E-state index contributed by atoms with van der Waals surface area (Å²) in [6.07, 6.45) is 3.99. The van der Waals surface area contributed by atoms with Gasteiger partial charge in [-0.1, -0.05) is 0 Å². The molecule has 2 N–H and O–H groups in total. The van der Waals surface area contributed by atoms with Crippen molar-refractivity contribution < 1.29 is 0 Å². The molecule has 0 amide bonds. The molecule has 1 aromatic heterocycles. The number of nitriles is 1. The Morgan fingerprint density at radius 3 is 2.69 bits per heavy atom. The lowest BCUT2D eigenvalue weighted by molar-refractivity contribution is 0.412. The lowest BCUT2D eigenvalue weighted by atomic mass is 9.91. The largest absolute Gasteiger partial charge is 0.394 e. The lowest BCUT2D eigenvalue weighted by Gasteiger charge is -2.16. The van der Waals surface area contributed by atoms with Crippen molar-refractivity contribution in [2.75, 3.05) is 5.73 Å². The summed E-state index contributed by atoms with van der Waals surface area (Å²) in [5.41, 5.74) is 5.21. The van der Waals surface area contributed by atoms with Crippen LogP contribution in [-0.4, -0.2) is 4.57 Å². The van der Waals surface area contributed by atoms with Crippen LogP contribution in [0.2, 0.25) is 0 Å². The van der Waals surface area contributed by atoms with Crippen LogP contribution in [0, 0.1) is 16.7 Å². The molecule has 4 nitrogen and oxygen atoms in total. The molecule has 1 heterocycles. The molecule has 16 heavy (non-hydrogen) atoms. The van der Waals surface area contributed by atoms with Crippen molar-refractivity contribution in [1.29, 1.82) is 5.26 Å². The third-order valence-electron chi connectivity index (χ3n) is 2.36. The van der Waals surface area contributed by atoms with E-state index in [1.807, 2.05) is 18.4 Å². The first kappa shape index (κ1) is 12.8. The van der Waals surface area contributed by atoms with Crippen molar-refractivity contribution in [2.24, 2.45) is 5.41 Å². The second kappa shape index (κ2) is 4.71. The summed E-state index contributed by atoms with van der Waals surface area (Å²) in [5.74, 6) is 0. The first-order chi connectivity index (χ1) is 7.35. The van der Waals surface area contributed by atoms with E-state index >= 15 is 0 Å². The maximum absolute atomic E-state index is 11.3. The van der Waals surface area contributed by atoms with Crippen LogP contribution in [0.3, 0.4) is 0 Å². The Kier molecular flexibility index (Phi) is 3.76. The molecule has 0 aliphatic heterocycles. The first-order valence-corrected chi connectivity index (χ1v) is 5.71. The second-order valence-corrected chi connectivity index (χ2v) is 5.23. The molecule has 0 radical (unpaired) electrons. The fourth-order valence-corrected chi connectivity index (χ4v) is 1.70. The maximum Gasteiger partial charge on any atom is 0.218 e. The minimum atomic E-state index is -0.371. The summed E-state index contributed by atoms with van der Waals surface area (Å²) in [6, 6.07) is 2.23. The highest BCUT2D eigenvalue weighted by molar-refractivity contribution is 9.10. The van der Waals surface area contributed by atoms with Gasteiger partial charge in [0.2, 0.25) is 5.43 Å². The number of anilines is 1. The minimum absolute atomic E-state index is 0.198. The van der Waals surface area contributed by atoms with E-state index in [1.54, 1.807) is 12.4 Å². The van der Waals surface area contributed by atoms with E-state index in [0.29, 0.717) is 17.4 Å². The Morgan fingerprint density at radius 2 is 2.19 bits per heavy atom. The molecule has 0 aromatic carbocycles. The number of nitrogen functional groups attached to an aromatic ring is 1. The van der Waals surface area contributed by atoms with E-state index < -0.39 is 0 Å². The standard InChI is InChI=1S/C11H14BrN3O/c1-11(2,7-13)3-4-15-5-8(12)10(16)9(14)6-15/h5-6H,3-4,14H2,1-2H3. The molecule has 0 spiro atoms. The van der Waals surface area contributed by atoms with E-state index in [4.69, 9.17) is 11.0 Å². The maximum atomic E-state index is 11.3. The number of nitrogens with two attached hydrogens (primary N) is 1. The zero-order valence-corrected chi connectivity index (χ0v) is 10.9. The van der Waals surface area contributed by atoms with Gasteiger partial charge < -0.3 is 10.3 Å². The molecule has 0 unspecified atom stereocenters. The summed E-state index contributed by atoms with van der Waals surface area (Å²) < 4.78 is 2.27. The Morgan fingerprint density at radius 1 is 1.56 bits per heavy atom. The average molecular weight is 284 g/mol. The van der Waals surface area contributed by atoms with Crippen molar-refractivity contribution in [3.8, 4) is 6.07 Å². The number of rotatable bonds is 3. The van der Waals surface area contributed by atoms with Gasteiger partial charge in [0.05, 0.1) is 21.6 Å². The van der Waals surface area contributed by atoms with Crippen LogP contribution in [0.1, 0.15) is 20.3 Å². The molecule has 86 valence electrons. The molecule has 0 bridgehead atoms. The summed E-state index contributed by atoms with van der Waals surface area (Å²) in [7, 11) is 0. The molecule has 0 saturated heterocycles. The monoisotopic (exact) mass is 283 g/mol. The van der Waals surface area contributed by atoms with Crippen molar-refractivity contribution in [2.45, 2.75) is 26.8 Å². The molecule has 1 aromatic rings. The van der Waals surface area contributed by atoms with Crippen molar-refractivity contribution in [1.82, 2.24) is 4.57 Å². The highest BCUT2D eigenvalue weighted by atomic mass is 79.9. The predicted molar refractivity (Wildman–Crippen MR) is 66.8 cm³/mol. The molecule has 0 aliphatic rings. The Labute approximate surface area is 103 Å². The Bertz CT molecular complexity index is 459. The van der Waals surface area contributed by atoms with Gasteiger partial charge in [-0.2, -0.15) is 5.26 Å². The number of hydrogen-bond acceptors (Lipinski definition) is 3. The smallest absolute Gasteiger partial charge is 0.218 e. The fraction of sp³-hybridized carbons (Fsp3) is 0.455. The van der Waals surface area contributed by atoms with Gasteiger partial charge in [-0.25, -0.2) is 0 Å². The van der Waals surface area contributed by atoms with Gasteiger partial charge in [0, 0.05) is 18.9 Å². The zero-order chi connectivity index (χ0) is 12.3. The quantitative estimate of drug-likeness (QED) is 0.924. The SMILES string of the molecule is CC(C)(C#N)CCn1cc(N)c(=O)c(Br)c1. The Balaban J connectivity index is 2.85. The van der Waals surface area contributed by atoms with Gasteiger partial charge in [0.15, 0.2) is 0 Å². The lowest BCUT2D eigenvalue weighted by Crippen LogP contribution is -2.16. The molecular formula is C11H14BrN3O. The van der Waals surface area contributed by atoms with E-state index in [2.05, 4.69) is 22.0 Å². The zero-order valence-electron chi connectivity index (χ0n) is 9.33. The normalized spacial score (nSPS) is 11.1. The van der Waals surface area contributed by atoms with E-state index in [-0.39, 0.29) is 16.5 Å². The van der Waals surface area contributed by atoms with Crippen LogP contribution in [0.4, 0.5) is 5.69 Å². The molecule has 0 fully saturated rings. The number of aromatic nitrogens is 1. The van der Waals surface area contributed by atoms with Gasteiger partial charge in [0.25, 0.3) is 0 Å². The van der Waals surface area contributed by atoms with E-state index in [1.165, 1.54) is 0 Å². The van der Waals surface area contributed by atoms with E-state index in [0.717, 1.165) is 0 Å². The van der Waals surface area contributed by atoms with Crippen LogP contribution in [0.15, 0.2) is 21.7 Å². The van der Waals surface area contributed by atoms with Gasteiger partial charge in [-0.05, 0) is 36.2 Å². The van der Waals surface area contributed by atoms with Crippen molar-refractivity contribution >= 4 is 21.6 Å². The van der Waals surface area contributed by atoms with Gasteiger partial charge in [-0.3, -0.25) is 4.79 Å². The third-order valence-corrected chi connectivity index (χ3v) is 2.93. The summed E-state index contributed by atoms with van der Waals surface area (Å²) >= 11 is 3.16. The van der Waals surface area contributed by atoms with Crippen LogP contribution in [0.5, 0.6) is 0 Å². The fourth-order valence-electron chi connectivity index (χ4n) is 1.21. The minimum Gasteiger partial charge on any atom is -0.394 e. The van der Waals surface area contributed by atoms with Crippen LogP contribution < -0.4 is 11.2 Å². The number of halogens is 1. The summed E-state index contributed by atoms with van der Waals surface area (Å²) in [6.45, 7) is 4.42. The topological polar surface area (TPSA) is 71.8 Å². The van der Waals surface area contributed by atoms with Crippen LogP contribution >= 0.6 is 15.9 Å². The highest BCUT2D eigenvalue weighted by Gasteiger charge is 2.16. The summed E-state index contributed by atoms with van der Waals surface area (Å²) in [4.78, 5) is 11.3. The Hall–Kier alpha value is -1.28. The number of nitrogens with zero attached hydrogens (tertiary/aromatic N) is 2. The number of aryl methyl sites for hydroxylation is 1. The molecule has 5 heteroatoms. The molecule has 1 rings (SSSR count). The predicted octanol–water partition coefficient (Wildman–Crippen LogP) is 2.13. The van der Waals surface area contributed by atoms with Crippen molar-refractivity contribution in [3.63, 3.8) is 0 Å². The number of hydrogen-bond donors (Lipinski definition) is 1. The van der Waals surface area contributed by atoms with Gasteiger partial charge in [-0.15, -0.1) is 0 Å². The molecule has 0 saturated carbocycles. The van der Waals surface area contributed by atoms with Crippen LogP contribution in [-0.2, 0) is 6.54 Å². The van der Waals surface area contributed by atoms with E-state index in [9.17, 15) is 4.79 Å². The molecule has 0 aliphatic carbocycles. The first-order valence-electron chi connectivity index (χ1n) is 4.92.